The maximum absolute atomic E-state index is 12.1. The van der Waals surface area contributed by atoms with E-state index in [-0.39, 0.29) is 24.4 Å². The fraction of sp³-hybridized carbons (Fsp3) is 0.316. The van der Waals surface area contributed by atoms with Crippen LogP contribution in [0.4, 0.5) is 0 Å². The predicted molar refractivity (Wildman–Crippen MR) is 96.1 cm³/mol. The molecule has 0 heterocycles. The molecule has 3 rings (SSSR count). The van der Waals surface area contributed by atoms with Gasteiger partial charge in [0, 0.05) is 30.8 Å². The van der Waals surface area contributed by atoms with Crippen LogP contribution in [-0.2, 0) is 4.79 Å². The number of benzene rings is 2. The zero-order valence-electron chi connectivity index (χ0n) is 13.2. The fourth-order valence-corrected chi connectivity index (χ4v) is 3.17. The third-order valence-corrected chi connectivity index (χ3v) is 4.32. The first-order chi connectivity index (χ1) is 10.8. The van der Waals surface area contributed by atoms with Crippen molar-refractivity contribution in [1.82, 2.24) is 10.6 Å². The van der Waals surface area contributed by atoms with Gasteiger partial charge in [-0.25, -0.2) is 0 Å². The molecule has 2 N–H and O–H groups in total. The smallest absolute Gasteiger partial charge is 0.221 e. The van der Waals surface area contributed by atoms with Crippen LogP contribution in [0.5, 0.6) is 0 Å². The molecule has 0 bridgehead atoms. The van der Waals surface area contributed by atoms with Crippen LogP contribution in [0.2, 0.25) is 0 Å². The van der Waals surface area contributed by atoms with Crippen molar-refractivity contribution in [3.05, 3.63) is 71.8 Å². The Balaban J connectivity index is 0.00000192. The Kier molecular flexibility index (Phi) is 6.20. The maximum Gasteiger partial charge on any atom is 0.221 e. The van der Waals surface area contributed by atoms with E-state index in [0.717, 1.165) is 0 Å². The Morgan fingerprint density at radius 1 is 0.913 bits per heavy atom. The van der Waals surface area contributed by atoms with Gasteiger partial charge >= 0.3 is 0 Å². The number of carbonyl (C=O) groups excluding carboxylic acids is 1. The second-order valence-corrected chi connectivity index (χ2v) is 5.82. The van der Waals surface area contributed by atoms with Gasteiger partial charge in [-0.05, 0) is 18.2 Å². The Hall–Kier alpha value is -1.84. The molecular weight excluding hydrogens is 308 g/mol. The highest BCUT2D eigenvalue weighted by atomic mass is 35.5. The van der Waals surface area contributed by atoms with E-state index in [1.165, 1.54) is 11.1 Å². The summed E-state index contributed by atoms with van der Waals surface area (Å²) >= 11 is 0. The Labute approximate surface area is 143 Å². The van der Waals surface area contributed by atoms with Gasteiger partial charge in [0.25, 0.3) is 0 Å². The number of carbonyl (C=O) groups is 1. The minimum Gasteiger partial charge on any atom is -0.352 e. The zero-order valence-corrected chi connectivity index (χ0v) is 14.1. The number of hydrogen-bond donors (Lipinski definition) is 2. The molecule has 1 aliphatic carbocycles. The highest BCUT2D eigenvalue weighted by Crippen LogP contribution is 2.54. The molecule has 0 aromatic heterocycles. The number of rotatable bonds is 6. The molecule has 2 aromatic rings. The molecule has 0 aliphatic heterocycles. The maximum atomic E-state index is 12.1. The molecule has 4 heteroatoms. The molecule has 1 fully saturated rings. The van der Waals surface area contributed by atoms with E-state index >= 15 is 0 Å². The lowest BCUT2D eigenvalue weighted by Gasteiger charge is -2.04. The van der Waals surface area contributed by atoms with E-state index in [0.29, 0.717) is 24.8 Å². The molecule has 3 nitrogen and oxygen atoms in total. The van der Waals surface area contributed by atoms with Gasteiger partial charge in [0.1, 0.15) is 0 Å². The van der Waals surface area contributed by atoms with Crippen LogP contribution in [0, 0.1) is 0 Å². The van der Waals surface area contributed by atoms with Crippen molar-refractivity contribution in [2.45, 2.75) is 24.3 Å². The summed E-state index contributed by atoms with van der Waals surface area (Å²) < 4.78 is 0. The van der Waals surface area contributed by atoms with E-state index < -0.39 is 0 Å². The van der Waals surface area contributed by atoms with Crippen molar-refractivity contribution < 1.29 is 4.79 Å². The summed E-state index contributed by atoms with van der Waals surface area (Å²) in [7, 11) is 1.87. The van der Waals surface area contributed by atoms with E-state index in [4.69, 9.17) is 0 Å². The molecule has 23 heavy (non-hydrogen) atoms. The second kappa shape index (κ2) is 8.14. The minimum atomic E-state index is 0. The standard InChI is InChI=1S/C19H22N2O.ClH/c1-20-13-12-16(22)21-19-17(14-8-4-2-5-9-14)18(19)15-10-6-3-7-11-15;/h2-11,17-20H,12-13H2,1H3,(H,21,22);1H/t17-,18+,19?;. The van der Waals surface area contributed by atoms with Crippen LogP contribution in [0.3, 0.4) is 0 Å². The molecule has 1 unspecified atom stereocenters. The van der Waals surface area contributed by atoms with Gasteiger partial charge in [-0.1, -0.05) is 60.7 Å². The first-order valence-electron chi connectivity index (χ1n) is 7.85. The SMILES string of the molecule is CNCCC(=O)NC1[C@@H](c2ccccc2)[C@H]1c1ccccc1.Cl. The van der Waals surface area contributed by atoms with Crippen molar-refractivity contribution in [1.29, 1.82) is 0 Å². The van der Waals surface area contributed by atoms with Crippen molar-refractivity contribution in [3.63, 3.8) is 0 Å². The molecular formula is C19H23ClN2O. The lowest BCUT2D eigenvalue weighted by molar-refractivity contribution is -0.121. The Bertz CT molecular complexity index is 572. The van der Waals surface area contributed by atoms with E-state index in [2.05, 4.69) is 59.2 Å². The quantitative estimate of drug-likeness (QED) is 0.854. The van der Waals surface area contributed by atoms with Crippen LogP contribution in [0.1, 0.15) is 29.4 Å². The first kappa shape index (κ1) is 17.5. The van der Waals surface area contributed by atoms with Crippen LogP contribution >= 0.6 is 12.4 Å². The third-order valence-electron chi connectivity index (χ3n) is 4.32. The van der Waals surface area contributed by atoms with Gasteiger partial charge in [-0.2, -0.15) is 0 Å². The second-order valence-electron chi connectivity index (χ2n) is 5.82. The van der Waals surface area contributed by atoms with Crippen LogP contribution < -0.4 is 10.6 Å². The Morgan fingerprint density at radius 3 is 1.83 bits per heavy atom. The fourth-order valence-electron chi connectivity index (χ4n) is 3.17. The van der Waals surface area contributed by atoms with Crippen molar-refractivity contribution in [2.24, 2.45) is 0 Å². The average Bonchev–Trinajstić information content (AvgIpc) is 3.28. The molecule has 0 saturated heterocycles. The van der Waals surface area contributed by atoms with Gasteiger partial charge in [-0.3, -0.25) is 4.79 Å². The summed E-state index contributed by atoms with van der Waals surface area (Å²) in [6.45, 7) is 0.713. The largest absolute Gasteiger partial charge is 0.352 e. The van der Waals surface area contributed by atoms with E-state index in [1.807, 2.05) is 19.2 Å². The summed E-state index contributed by atoms with van der Waals surface area (Å²) in [5.74, 6) is 0.878. The Morgan fingerprint density at radius 2 is 1.39 bits per heavy atom. The topological polar surface area (TPSA) is 41.1 Å². The average molecular weight is 331 g/mol. The van der Waals surface area contributed by atoms with Gasteiger partial charge in [-0.15, -0.1) is 12.4 Å². The predicted octanol–water partition coefficient (Wildman–Crippen LogP) is 3.08. The third kappa shape index (κ3) is 4.12. The lowest BCUT2D eigenvalue weighted by Crippen LogP contribution is -2.29. The van der Waals surface area contributed by atoms with Crippen LogP contribution in [0.15, 0.2) is 60.7 Å². The summed E-state index contributed by atoms with van der Waals surface area (Å²) in [4.78, 5) is 12.1. The number of hydrogen-bond acceptors (Lipinski definition) is 2. The van der Waals surface area contributed by atoms with Gasteiger partial charge < -0.3 is 10.6 Å². The number of halogens is 1. The van der Waals surface area contributed by atoms with Crippen molar-refractivity contribution >= 4 is 18.3 Å². The monoisotopic (exact) mass is 330 g/mol. The van der Waals surface area contributed by atoms with Crippen LogP contribution in [-0.4, -0.2) is 25.5 Å². The lowest BCUT2D eigenvalue weighted by atomic mass is 10.0. The normalized spacial score (nSPS) is 22.0. The molecule has 2 aromatic carbocycles. The number of amides is 1. The van der Waals surface area contributed by atoms with Gasteiger partial charge in [0.2, 0.25) is 5.91 Å². The summed E-state index contributed by atoms with van der Waals surface area (Å²) in [6.07, 6.45) is 0.524. The summed E-state index contributed by atoms with van der Waals surface area (Å²) in [5.41, 5.74) is 2.60. The van der Waals surface area contributed by atoms with Gasteiger partial charge in [0.15, 0.2) is 0 Å². The minimum absolute atomic E-state index is 0. The van der Waals surface area contributed by atoms with Crippen LogP contribution in [0.25, 0.3) is 0 Å². The van der Waals surface area contributed by atoms with E-state index in [9.17, 15) is 4.79 Å². The molecule has 1 amide bonds. The summed E-state index contributed by atoms with van der Waals surface area (Å²) in [6, 6.07) is 21.1. The van der Waals surface area contributed by atoms with Gasteiger partial charge in [0.05, 0.1) is 0 Å². The molecule has 0 radical (unpaired) electrons. The number of nitrogens with one attached hydrogen (secondary N) is 2. The molecule has 122 valence electrons. The molecule has 1 aliphatic rings. The summed E-state index contributed by atoms with van der Waals surface area (Å²) in [5, 5.41) is 6.22. The van der Waals surface area contributed by atoms with Crippen molar-refractivity contribution in [2.75, 3.05) is 13.6 Å². The van der Waals surface area contributed by atoms with Crippen molar-refractivity contribution in [3.8, 4) is 0 Å². The molecule has 0 spiro atoms. The first-order valence-corrected chi connectivity index (χ1v) is 7.85. The molecule has 3 atom stereocenters. The molecule has 1 saturated carbocycles. The zero-order chi connectivity index (χ0) is 15.4. The van der Waals surface area contributed by atoms with E-state index in [1.54, 1.807) is 0 Å². The highest BCUT2D eigenvalue weighted by molar-refractivity contribution is 5.85. The highest BCUT2D eigenvalue weighted by Gasteiger charge is 2.52.